The summed E-state index contributed by atoms with van der Waals surface area (Å²) < 4.78 is 0. The molecule has 1 saturated carbocycles. The van der Waals surface area contributed by atoms with Crippen molar-refractivity contribution in [2.75, 3.05) is 24.5 Å². The van der Waals surface area contributed by atoms with E-state index in [4.69, 9.17) is 0 Å². The molecule has 1 N–H and O–H groups in total. The van der Waals surface area contributed by atoms with Crippen LogP contribution in [0.25, 0.3) is 0 Å². The van der Waals surface area contributed by atoms with Crippen LogP contribution >= 0.6 is 0 Å². The molecule has 1 aromatic rings. The van der Waals surface area contributed by atoms with Gasteiger partial charge in [0.05, 0.1) is 0 Å². The molecule has 1 saturated heterocycles. The van der Waals surface area contributed by atoms with Gasteiger partial charge in [0.25, 0.3) is 0 Å². The van der Waals surface area contributed by atoms with E-state index in [1.165, 1.54) is 30.6 Å². The average molecular weight is 202 g/mol. The third-order valence-corrected chi connectivity index (χ3v) is 3.63. The number of hydrogen-bond donors (Lipinski definition) is 1. The van der Waals surface area contributed by atoms with Crippen LogP contribution < -0.4 is 10.2 Å². The van der Waals surface area contributed by atoms with E-state index in [-0.39, 0.29) is 0 Å². The first-order valence-corrected chi connectivity index (χ1v) is 5.84. The molecule has 2 fully saturated rings. The number of anilines is 1. The van der Waals surface area contributed by atoms with Gasteiger partial charge in [-0.05, 0) is 31.9 Å². The molecule has 2 aliphatic rings. The molecule has 2 nitrogen and oxygen atoms in total. The first-order valence-electron chi connectivity index (χ1n) is 5.84. The summed E-state index contributed by atoms with van der Waals surface area (Å²) in [5.41, 5.74) is 3.20. The number of nitrogens with zero attached hydrogens (tertiary/aromatic N) is 1. The van der Waals surface area contributed by atoms with Gasteiger partial charge in [-0.2, -0.15) is 0 Å². The monoisotopic (exact) mass is 202 g/mol. The van der Waals surface area contributed by atoms with E-state index in [1.54, 1.807) is 0 Å². The van der Waals surface area contributed by atoms with Crippen LogP contribution in [0.1, 0.15) is 18.4 Å². The molecule has 0 bridgehead atoms. The number of benzene rings is 1. The van der Waals surface area contributed by atoms with E-state index in [2.05, 4.69) is 41.4 Å². The van der Waals surface area contributed by atoms with Gasteiger partial charge in [0, 0.05) is 30.9 Å². The van der Waals surface area contributed by atoms with E-state index < -0.39 is 0 Å². The Balaban J connectivity index is 1.78. The van der Waals surface area contributed by atoms with Crippen LogP contribution in [-0.2, 0) is 0 Å². The van der Waals surface area contributed by atoms with Crippen LogP contribution in [0.15, 0.2) is 24.3 Å². The van der Waals surface area contributed by atoms with Gasteiger partial charge < -0.3 is 10.2 Å². The quantitative estimate of drug-likeness (QED) is 0.748. The van der Waals surface area contributed by atoms with Crippen molar-refractivity contribution in [2.45, 2.75) is 25.3 Å². The molecule has 0 atom stereocenters. The van der Waals surface area contributed by atoms with Gasteiger partial charge in [0.15, 0.2) is 0 Å². The summed E-state index contributed by atoms with van der Waals surface area (Å²) in [5, 5.41) is 3.64. The van der Waals surface area contributed by atoms with Gasteiger partial charge in [0.2, 0.25) is 0 Å². The Morgan fingerprint density at radius 3 is 2.60 bits per heavy atom. The van der Waals surface area contributed by atoms with Crippen LogP contribution in [0, 0.1) is 6.92 Å². The molecule has 1 aliphatic heterocycles. The zero-order chi connectivity index (χ0) is 10.3. The van der Waals surface area contributed by atoms with Crippen molar-refractivity contribution in [3.8, 4) is 0 Å². The van der Waals surface area contributed by atoms with Gasteiger partial charge >= 0.3 is 0 Å². The lowest BCUT2D eigenvalue weighted by molar-refractivity contribution is 0.442. The van der Waals surface area contributed by atoms with E-state index in [9.17, 15) is 0 Å². The summed E-state index contributed by atoms with van der Waals surface area (Å²) in [6.07, 6.45) is 2.71. The van der Waals surface area contributed by atoms with E-state index in [0.29, 0.717) is 5.54 Å². The Kier molecular flexibility index (Phi) is 1.99. The molecule has 0 unspecified atom stereocenters. The second-order valence-corrected chi connectivity index (χ2v) is 4.96. The summed E-state index contributed by atoms with van der Waals surface area (Å²) in [5.74, 6) is 0. The molecule has 3 rings (SSSR count). The Bertz CT molecular complexity index is 351. The van der Waals surface area contributed by atoms with Gasteiger partial charge in [-0.1, -0.05) is 17.7 Å². The van der Waals surface area contributed by atoms with Crippen molar-refractivity contribution < 1.29 is 0 Å². The average Bonchev–Trinajstić information content (AvgIpc) is 2.99. The maximum atomic E-state index is 3.64. The number of rotatable bonds is 1. The molecular formula is C13H18N2. The highest BCUT2D eigenvalue weighted by Crippen LogP contribution is 2.38. The minimum atomic E-state index is 0.475. The first-order chi connectivity index (χ1) is 7.27. The Labute approximate surface area is 91.3 Å². The predicted molar refractivity (Wildman–Crippen MR) is 63.4 cm³/mol. The number of nitrogens with one attached hydrogen (secondary N) is 1. The molecule has 1 aliphatic carbocycles. The normalized spacial score (nSPS) is 23.1. The van der Waals surface area contributed by atoms with E-state index in [1.807, 2.05) is 0 Å². The van der Waals surface area contributed by atoms with Gasteiger partial charge in [0.1, 0.15) is 0 Å². The molecular weight excluding hydrogens is 184 g/mol. The molecule has 1 spiro atoms. The van der Waals surface area contributed by atoms with Crippen molar-refractivity contribution >= 4 is 5.69 Å². The highest BCUT2D eigenvalue weighted by molar-refractivity contribution is 5.49. The third kappa shape index (κ3) is 1.74. The zero-order valence-electron chi connectivity index (χ0n) is 9.29. The van der Waals surface area contributed by atoms with Gasteiger partial charge in [-0.25, -0.2) is 0 Å². The fraction of sp³-hybridized carbons (Fsp3) is 0.538. The second kappa shape index (κ2) is 3.24. The minimum absolute atomic E-state index is 0.475. The number of piperazine rings is 1. The maximum absolute atomic E-state index is 3.64. The van der Waals surface area contributed by atoms with Crippen LogP contribution in [0.3, 0.4) is 0 Å². The van der Waals surface area contributed by atoms with Crippen molar-refractivity contribution in [1.82, 2.24) is 5.32 Å². The molecule has 2 heteroatoms. The lowest BCUT2D eigenvalue weighted by Crippen LogP contribution is -2.52. The van der Waals surface area contributed by atoms with Crippen LogP contribution in [0.2, 0.25) is 0 Å². The van der Waals surface area contributed by atoms with E-state index >= 15 is 0 Å². The molecule has 0 radical (unpaired) electrons. The van der Waals surface area contributed by atoms with E-state index in [0.717, 1.165) is 13.1 Å². The van der Waals surface area contributed by atoms with Crippen LogP contribution in [-0.4, -0.2) is 25.2 Å². The van der Waals surface area contributed by atoms with Gasteiger partial charge in [-0.3, -0.25) is 0 Å². The SMILES string of the molecule is Cc1ccc(N2CCNC3(CC3)C2)cc1. The standard InChI is InChI=1S/C13H18N2/c1-11-2-4-12(5-3-11)15-9-8-14-13(10-15)6-7-13/h2-5,14H,6-10H2,1H3. The molecule has 0 amide bonds. The summed E-state index contributed by atoms with van der Waals surface area (Å²) in [6.45, 7) is 5.61. The van der Waals surface area contributed by atoms with Crippen LogP contribution in [0.5, 0.6) is 0 Å². The zero-order valence-corrected chi connectivity index (χ0v) is 9.29. The molecule has 80 valence electrons. The largest absolute Gasteiger partial charge is 0.368 e. The van der Waals surface area contributed by atoms with Gasteiger partial charge in [-0.15, -0.1) is 0 Å². The molecule has 1 heterocycles. The number of aryl methyl sites for hydroxylation is 1. The lowest BCUT2D eigenvalue weighted by atomic mass is 10.1. The topological polar surface area (TPSA) is 15.3 Å². The molecule has 15 heavy (non-hydrogen) atoms. The minimum Gasteiger partial charge on any atom is -0.368 e. The summed E-state index contributed by atoms with van der Waals surface area (Å²) >= 11 is 0. The summed E-state index contributed by atoms with van der Waals surface area (Å²) in [7, 11) is 0. The van der Waals surface area contributed by atoms with Crippen LogP contribution in [0.4, 0.5) is 5.69 Å². The molecule has 1 aromatic carbocycles. The van der Waals surface area contributed by atoms with Crippen molar-refractivity contribution in [3.63, 3.8) is 0 Å². The summed E-state index contributed by atoms with van der Waals surface area (Å²) in [6, 6.07) is 8.90. The Hall–Kier alpha value is -1.02. The Morgan fingerprint density at radius 2 is 1.93 bits per heavy atom. The maximum Gasteiger partial charge on any atom is 0.0367 e. The Morgan fingerprint density at radius 1 is 1.20 bits per heavy atom. The summed E-state index contributed by atoms with van der Waals surface area (Å²) in [4.78, 5) is 2.52. The number of hydrogen-bond acceptors (Lipinski definition) is 2. The third-order valence-electron chi connectivity index (χ3n) is 3.63. The highest BCUT2D eigenvalue weighted by atomic mass is 15.2. The van der Waals surface area contributed by atoms with Crippen molar-refractivity contribution in [2.24, 2.45) is 0 Å². The fourth-order valence-electron chi connectivity index (χ4n) is 2.42. The second-order valence-electron chi connectivity index (χ2n) is 4.96. The lowest BCUT2D eigenvalue weighted by Gasteiger charge is -2.35. The highest BCUT2D eigenvalue weighted by Gasteiger charge is 2.45. The smallest absolute Gasteiger partial charge is 0.0367 e. The fourth-order valence-corrected chi connectivity index (χ4v) is 2.42. The van der Waals surface area contributed by atoms with Crippen molar-refractivity contribution in [3.05, 3.63) is 29.8 Å². The first kappa shape index (κ1) is 9.22. The predicted octanol–water partition coefficient (Wildman–Crippen LogP) is 1.94. The molecule has 0 aromatic heterocycles. The van der Waals surface area contributed by atoms with Crippen molar-refractivity contribution in [1.29, 1.82) is 0 Å².